The average Bonchev–Trinajstić information content (AvgIpc) is 2.46. The molecule has 0 saturated carbocycles. The van der Waals surface area contributed by atoms with Gasteiger partial charge in [0, 0.05) is 6.42 Å². The van der Waals surface area contributed by atoms with Crippen LogP contribution in [-0.2, 0) is 16.1 Å². The van der Waals surface area contributed by atoms with Crippen molar-refractivity contribution >= 4 is 5.97 Å². The molecule has 0 spiro atoms. The molecule has 0 bridgehead atoms. The molecule has 1 atom stereocenters. The summed E-state index contributed by atoms with van der Waals surface area (Å²) in [5, 5.41) is 3.30. The van der Waals surface area contributed by atoms with Crippen LogP contribution in [0, 0.1) is 5.92 Å². The maximum absolute atomic E-state index is 11.8. The summed E-state index contributed by atoms with van der Waals surface area (Å²) < 4.78 is 10.4. The molecule has 1 aromatic carbocycles. The largest absolute Gasteiger partial charge is 0.497 e. The Labute approximate surface area is 114 Å². The second-order valence-electron chi connectivity index (χ2n) is 4.93. The minimum Gasteiger partial charge on any atom is -0.497 e. The first-order valence-electron chi connectivity index (χ1n) is 6.77. The van der Waals surface area contributed by atoms with E-state index in [0.29, 0.717) is 18.9 Å². The van der Waals surface area contributed by atoms with Crippen molar-refractivity contribution in [1.29, 1.82) is 0 Å². The third-order valence-corrected chi connectivity index (χ3v) is 3.39. The van der Waals surface area contributed by atoms with E-state index in [2.05, 4.69) is 5.32 Å². The number of methoxy groups -OCH3 is 1. The number of piperidine rings is 1. The number of ether oxygens (including phenoxy) is 2. The number of esters is 1. The summed E-state index contributed by atoms with van der Waals surface area (Å²) in [7, 11) is 1.63. The lowest BCUT2D eigenvalue weighted by Gasteiger charge is -2.21. The van der Waals surface area contributed by atoms with Crippen molar-refractivity contribution in [2.75, 3.05) is 20.2 Å². The molecule has 1 aromatic rings. The maximum atomic E-state index is 11.8. The molecule has 0 aromatic heterocycles. The normalized spacial score (nSPS) is 18.9. The van der Waals surface area contributed by atoms with Crippen LogP contribution >= 0.6 is 0 Å². The van der Waals surface area contributed by atoms with E-state index in [1.54, 1.807) is 7.11 Å². The standard InChI is InChI=1S/C15H21NO3/c1-18-14-6-2-4-13(8-14)11-19-15(17)9-12-5-3-7-16-10-12/h2,4,6,8,12,16H,3,5,7,9-11H2,1H3. The van der Waals surface area contributed by atoms with Crippen molar-refractivity contribution in [2.45, 2.75) is 25.9 Å². The first-order valence-corrected chi connectivity index (χ1v) is 6.77. The van der Waals surface area contributed by atoms with Gasteiger partial charge in [0.1, 0.15) is 12.4 Å². The first kappa shape index (κ1) is 13.9. The molecule has 2 rings (SSSR count). The van der Waals surface area contributed by atoms with E-state index < -0.39 is 0 Å². The van der Waals surface area contributed by atoms with Gasteiger partial charge in [-0.2, -0.15) is 0 Å². The topological polar surface area (TPSA) is 47.6 Å². The third kappa shape index (κ3) is 4.56. The van der Waals surface area contributed by atoms with E-state index in [1.807, 2.05) is 24.3 Å². The van der Waals surface area contributed by atoms with Gasteiger partial charge in [-0.05, 0) is 49.5 Å². The molecule has 0 amide bonds. The minimum atomic E-state index is -0.114. The van der Waals surface area contributed by atoms with E-state index in [9.17, 15) is 4.79 Å². The van der Waals surface area contributed by atoms with E-state index in [4.69, 9.17) is 9.47 Å². The molecule has 4 heteroatoms. The van der Waals surface area contributed by atoms with E-state index >= 15 is 0 Å². The van der Waals surface area contributed by atoms with Gasteiger partial charge in [-0.1, -0.05) is 12.1 Å². The van der Waals surface area contributed by atoms with E-state index in [1.165, 1.54) is 0 Å². The lowest BCUT2D eigenvalue weighted by molar-refractivity contribution is -0.146. The van der Waals surface area contributed by atoms with Crippen LogP contribution in [0.3, 0.4) is 0 Å². The molecule has 1 N–H and O–H groups in total. The molecule has 4 nitrogen and oxygen atoms in total. The highest BCUT2D eigenvalue weighted by atomic mass is 16.5. The lowest BCUT2D eigenvalue weighted by atomic mass is 9.96. The number of hydrogen-bond acceptors (Lipinski definition) is 4. The number of carbonyl (C=O) groups excluding carboxylic acids is 1. The summed E-state index contributed by atoms with van der Waals surface area (Å²) in [6.45, 7) is 2.31. The fourth-order valence-corrected chi connectivity index (χ4v) is 2.32. The Morgan fingerprint density at radius 3 is 3.11 bits per heavy atom. The Kier molecular flexibility index (Phi) is 5.21. The van der Waals surface area contributed by atoms with Gasteiger partial charge in [0.2, 0.25) is 0 Å². The van der Waals surface area contributed by atoms with Gasteiger partial charge in [0.25, 0.3) is 0 Å². The molecule has 1 saturated heterocycles. The molecule has 1 aliphatic heterocycles. The van der Waals surface area contributed by atoms with Crippen molar-refractivity contribution in [3.05, 3.63) is 29.8 Å². The van der Waals surface area contributed by atoms with E-state index in [-0.39, 0.29) is 5.97 Å². The summed E-state index contributed by atoms with van der Waals surface area (Å²) in [6.07, 6.45) is 2.77. The van der Waals surface area contributed by atoms with Crippen LogP contribution in [0.4, 0.5) is 0 Å². The highest BCUT2D eigenvalue weighted by Crippen LogP contribution is 2.16. The van der Waals surface area contributed by atoms with Gasteiger partial charge in [-0.25, -0.2) is 0 Å². The van der Waals surface area contributed by atoms with Gasteiger partial charge in [0.15, 0.2) is 0 Å². The number of rotatable bonds is 5. The lowest BCUT2D eigenvalue weighted by Crippen LogP contribution is -2.31. The molecule has 19 heavy (non-hydrogen) atoms. The Bertz CT molecular complexity index is 414. The van der Waals surface area contributed by atoms with Crippen LogP contribution in [0.5, 0.6) is 5.75 Å². The van der Waals surface area contributed by atoms with Crippen LogP contribution in [-0.4, -0.2) is 26.2 Å². The van der Waals surface area contributed by atoms with E-state index in [0.717, 1.165) is 37.2 Å². The van der Waals surface area contributed by atoms with Crippen LogP contribution in [0.15, 0.2) is 24.3 Å². The van der Waals surface area contributed by atoms with Crippen LogP contribution < -0.4 is 10.1 Å². The summed E-state index contributed by atoms with van der Waals surface area (Å²) in [4.78, 5) is 11.8. The summed E-state index contributed by atoms with van der Waals surface area (Å²) in [5.74, 6) is 1.09. The average molecular weight is 263 g/mol. The van der Waals surface area contributed by atoms with Crippen molar-refractivity contribution < 1.29 is 14.3 Å². The third-order valence-electron chi connectivity index (χ3n) is 3.39. The zero-order chi connectivity index (χ0) is 13.5. The number of benzene rings is 1. The predicted octanol–water partition coefficient (Wildman–Crippen LogP) is 2.13. The molecular formula is C15H21NO3. The molecule has 1 heterocycles. The summed E-state index contributed by atoms with van der Waals surface area (Å²) >= 11 is 0. The van der Waals surface area contributed by atoms with Gasteiger partial charge < -0.3 is 14.8 Å². The first-order chi connectivity index (χ1) is 9.28. The maximum Gasteiger partial charge on any atom is 0.306 e. The summed E-state index contributed by atoms with van der Waals surface area (Å²) in [5.41, 5.74) is 0.953. The number of hydrogen-bond donors (Lipinski definition) is 1. The Hall–Kier alpha value is -1.55. The van der Waals surface area contributed by atoms with Crippen molar-refractivity contribution in [2.24, 2.45) is 5.92 Å². The van der Waals surface area contributed by atoms with Crippen molar-refractivity contribution in [1.82, 2.24) is 5.32 Å². The summed E-state index contributed by atoms with van der Waals surface area (Å²) in [6, 6.07) is 7.58. The van der Waals surface area contributed by atoms with Gasteiger partial charge in [-0.15, -0.1) is 0 Å². The number of carbonyl (C=O) groups is 1. The van der Waals surface area contributed by atoms with Crippen LogP contribution in [0.2, 0.25) is 0 Å². The van der Waals surface area contributed by atoms with Gasteiger partial charge in [-0.3, -0.25) is 4.79 Å². The quantitative estimate of drug-likeness (QED) is 0.827. The van der Waals surface area contributed by atoms with Crippen LogP contribution in [0.1, 0.15) is 24.8 Å². The molecule has 0 aliphatic carbocycles. The Morgan fingerprint density at radius 2 is 2.37 bits per heavy atom. The highest BCUT2D eigenvalue weighted by molar-refractivity contribution is 5.69. The Balaban J connectivity index is 1.76. The smallest absolute Gasteiger partial charge is 0.306 e. The second-order valence-corrected chi connectivity index (χ2v) is 4.93. The second kappa shape index (κ2) is 7.14. The molecule has 1 unspecified atom stereocenters. The van der Waals surface area contributed by atoms with Crippen molar-refractivity contribution in [3.63, 3.8) is 0 Å². The van der Waals surface area contributed by atoms with Crippen molar-refractivity contribution in [3.8, 4) is 5.75 Å². The van der Waals surface area contributed by atoms with Gasteiger partial charge in [0.05, 0.1) is 7.11 Å². The zero-order valence-corrected chi connectivity index (χ0v) is 11.4. The fraction of sp³-hybridized carbons (Fsp3) is 0.533. The molecule has 104 valence electrons. The SMILES string of the molecule is COc1cccc(COC(=O)CC2CCCNC2)c1. The fourth-order valence-electron chi connectivity index (χ4n) is 2.32. The molecule has 1 aliphatic rings. The monoisotopic (exact) mass is 263 g/mol. The number of nitrogens with one attached hydrogen (secondary N) is 1. The Morgan fingerprint density at radius 1 is 1.47 bits per heavy atom. The van der Waals surface area contributed by atoms with Crippen LogP contribution in [0.25, 0.3) is 0 Å². The minimum absolute atomic E-state index is 0.114. The van der Waals surface area contributed by atoms with Gasteiger partial charge >= 0.3 is 5.97 Å². The molecular weight excluding hydrogens is 242 g/mol. The zero-order valence-electron chi connectivity index (χ0n) is 11.4. The molecule has 1 fully saturated rings. The molecule has 0 radical (unpaired) electrons. The highest BCUT2D eigenvalue weighted by Gasteiger charge is 2.17. The predicted molar refractivity (Wildman–Crippen MR) is 73.0 cm³/mol.